The molecular formula is C14H26O7S. The minimum atomic E-state index is -4.18. The van der Waals surface area contributed by atoms with Crippen LogP contribution in [0.5, 0.6) is 0 Å². The van der Waals surface area contributed by atoms with Crippen molar-refractivity contribution < 1.29 is 32.0 Å². The molecule has 0 amide bonds. The molecule has 0 atom stereocenters. The minimum absolute atomic E-state index is 0.0621. The quantitative estimate of drug-likeness (QED) is 0.311. The van der Waals surface area contributed by atoms with Gasteiger partial charge in [-0.15, -0.1) is 0 Å². The predicted octanol–water partition coefficient (Wildman–Crippen LogP) is 2.10. The summed E-state index contributed by atoms with van der Waals surface area (Å²) in [5, 5.41) is 0. The molecule has 0 saturated heterocycles. The average Bonchev–Trinajstić information content (AvgIpc) is 2.43. The van der Waals surface area contributed by atoms with E-state index < -0.39 is 34.2 Å². The van der Waals surface area contributed by atoms with Crippen molar-refractivity contribution in [3.8, 4) is 0 Å². The highest BCUT2D eigenvalue weighted by Crippen LogP contribution is 2.05. The predicted molar refractivity (Wildman–Crippen MR) is 80.9 cm³/mol. The van der Waals surface area contributed by atoms with E-state index in [2.05, 4.69) is 11.7 Å². The molecule has 0 heterocycles. The lowest BCUT2D eigenvalue weighted by Crippen LogP contribution is -2.15. The molecule has 0 radical (unpaired) electrons. The van der Waals surface area contributed by atoms with Gasteiger partial charge >= 0.3 is 11.9 Å². The molecule has 0 aromatic heterocycles. The van der Waals surface area contributed by atoms with Crippen molar-refractivity contribution in [3.63, 3.8) is 0 Å². The van der Waals surface area contributed by atoms with Gasteiger partial charge < -0.3 is 9.47 Å². The average molecular weight is 338 g/mol. The van der Waals surface area contributed by atoms with Crippen LogP contribution in [0.15, 0.2) is 0 Å². The Bertz CT molecular complexity index is 417. The summed E-state index contributed by atoms with van der Waals surface area (Å²) in [4.78, 5) is 22.4. The van der Waals surface area contributed by atoms with Gasteiger partial charge in [0.2, 0.25) is 0 Å². The number of hydrogen-bond acceptors (Lipinski definition) is 6. The maximum Gasteiger partial charge on any atom is 0.309 e. The van der Waals surface area contributed by atoms with Crippen LogP contribution in [0.2, 0.25) is 0 Å². The third-order valence-electron chi connectivity index (χ3n) is 2.89. The summed E-state index contributed by atoms with van der Waals surface area (Å²) in [6, 6.07) is 0. The Balaban J connectivity index is 3.48. The monoisotopic (exact) mass is 338 g/mol. The molecule has 0 fully saturated rings. The first-order valence-electron chi connectivity index (χ1n) is 7.61. The molecule has 8 heteroatoms. The van der Waals surface area contributed by atoms with Crippen molar-refractivity contribution >= 4 is 22.1 Å². The van der Waals surface area contributed by atoms with Crippen LogP contribution in [-0.4, -0.2) is 43.9 Å². The lowest BCUT2D eigenvalue weighted by Gasteiger charge is -2.06. The van der Waals surface area contributed by atoms with Crippen molar-refractivity contribution in [1.82, 2.24) is 0 Å². The van der Waals surface area contributed by atoms with E-state index >= 15 is 0 Å². The SMILES string of the molecule is CCCCCCCCOC(=O)CCOC(=O)CCS(=O)(=O)O. The Labute approximate surface area is 132 Å². The number of rotatable bonds is 13. The summed E-state index contributed by atoms with van der Waals surface area (Å²) >= 11 is 0. The maximum absolute atomic E-state index is 11.3. The van der Waals surface area contributed by atoms with E-state index in [0.717, 1.165) is 19.3 Å². The molecule has 0 aliphatic carbocycles. The second-order valence-corrected chi connectivity index (χ2v) is 6.57. The maximum atomic E-state index is 11.3. The summed E-state index contributed by atoms with van der Waals surface area (Å²) in [7, 11) is -4.18. The number of carbonyl (C=O) groups excluding carboxylic acids is 2. The molecule has 0 bridgehead atoms. The standard InChI is InChI=1S/C14H26O7S/c1-2-3-4-5-6-7-10-20-13(15)8-11-21-14(16)9-12-22(17,18)19/h2-12H2,1H3,(H,17,18,19). The van der Waals surface area contributed by atoms with Gasteiger partial charge in [-0.1, -0.05) is 39.0 Å². The summed E-state index contributed by atoms with van der Waals surface area (Å²) in [6.45, 7) is 2.36. The summed E-state index contributed by atoms with van der Waals surface area (Å²) < 4.78 is 38.9. The van der Waals surface area contributed by atoms with E-state index in [1.165, 1.54) is 19.3 Å². The van der Waals surface area contributed by atoms with E-state index in [0.29, 0.717) is 6.61 Å². The molecule has 0 unspecified atom stereocenters. The van der Waals surface area contributed by atoms with Crippen LogP contribution in [0.25, 0.3) is 0 Å². The Morgan fingerprint density at radius 2 is 1.41 bits per heavy atom. The molecule has 0 aromatic carbocycles. The summed E-state index contributed by atoms with van der Waals surface area (Å²) in [5.41, 5.74) is 0. The third kappa shape index (κ3) is 15.2. The summed E-state index contributed by atoms with van der Waals surface area (Å²) in [5.74, 6) is -1.91. The largest absolute Gasteiger partial charge is 0.466 e. The number of ether oxygens (including phenoxy) is 2. The number of unbranched alkanes of at least 4 members (excludes halogenated alkanes) is 5. The second kappa shape index (κ2) is 12.4. The first-order chi connectivity index (χ1) is 10.3. The van der Waals surface area contributed by atoms with Crippen LogP contribution in [0.1, 0.15) is 58.3 Å². The molecule has 22 heavy (non-hydrogen) atoms. The van der Waals surface area contributed by atoms with E-state index in [-0.39, 0.29) is 13.0 Å². The second-order valence-electron chi connectivity index (χ2n) is 4.99. The van der Waals surface area contributed by atoms with E-state index in [1.54, 1.807) is 0 Å². The van der Waals surface area contributed by atoms with Crippen molar-refractivity contribution in [2.45, 2.75) is 58.3 Å². The lowest BCUT2D eigenvalue weighted by molar-refractivity contribution is -0.149. The van der Waals surface area contributed by atoms with Gasteiger partial charge in [0.25, 0.3) is 10.1 Å². The molecule has 0 spiro atoms. The highest BCUT2D eigenvalue weighted by Gasteiger charge is 2.11. The Morgan fingerprint density at radius 1 is 0.864 bits per heavy atom. The van der Waals surface area contributed by atoms with Gasteiger partial charge in [0.1, 0.15) is 6.61 Å². The topological polar surface area (TPSA) is 107 Å². The fourth-order valence-electron chi connectivity index (χ4n) is 1.67. The Morgan fingerprint density at radius 3 is 2.05 bits per heavy atom. The van der Waals surface area contributed by atoms with Crippen molar-refractivity contribution in [2.24, 2.45) is 0 Å². The van der Waals surface area contributed by atoms with Gasteiger partial charge in [0, 0.05) is 0 Å². The molecule has 0 aliphatic heterocycles. The third-order valence-corrected chi connectivity index (χ3v) is 3.61. The number of carbonyl (C=O) groups is 2. The van der Waals surface area contributed by atoms with E-state index in [9.17, 15) is 18.0 Å². The molecule has 0 rings (SSSR count). The van der Waals surface area contributed by atoms with Crippen LogP contribution in [0, 0.1) is 0 Å². The zero-order chi connectivity index (χ0) is 16.8. The van der Waals surface area contributed by atoms with Gasteiger partial charge in [-0.3, -0.25) is 14.1 Å². The van der Waals surface area contributed by atoms with Crippen LogP contribution in [-0.2, 0) is 29.2 Å². The molecular weight excluding hydrogens is 312 g/mol. The lowest BCUT2D eigenvalue weighted by atomic mass is 10.1. The zero-order valence-electron chi connectivity index (χ0n) is 13.1. The van der Waals surface area contributed by atoms with Crippen LogP contribution in [0.4, 0.5) is 0 Å². The molecule has 0 aliphatic rings. The van der Waals surface area contributed by atoms with Gasteiger partial charge in [0.15, 0.2) is 0 Å². The minimum Gasteiger partial charge on any atom is -0.466 e. The number of esters is 2. The first kappa shape index (κ1) is 20.9. The van der Waals surface area contributed by atoms with Gasteiger partial charge in [-0.05, 0) is 6.42 Å². The zero-order valence-corrected chi connectivity index (χ0v) is 13.9. The van der Waals surface area contributed by atoms with E-state index in [1.807, 2.05) is 0 Å². The highest BCUT2D eigenvalue weighted by atomic mass is 32.2. The Hall–Kier alpha value is -1.15. The fourth-order valence-corrected chi connectivity index (χ4v) is 2.10. The van der Waals surface area contributed by atoms with Gasteiger partial charge in [-0.25, -0.2) is 0 Å². The number of hydrogen-bond donors (Lipinski definition) is 1. The van der Waals surface area contributed by atoms with Crippen molar-refractivity contribution in [2.75, 3.05) is 19.0 Å². The fraction of sp³-hybridized carbons (Fsp3) is 0.857. The summed E-state index contributed by atoms with van der Waals surface area (Å²) in [6.07, 6.45) is 6.10. The molecule has 0 aromatic rings. The van der Waals surface area contributed by atoms with Crippen LogP contribution < -0.4 is 0 Å². The normalized spacial score (nSPS) is 11.2. The first-order valence-corrected chi connectivity index (χ1v) is 9.22. The van der Waals surface area contributed by atoms with Crippen LogP contribution in [0.3, 0.4) is 0 Å². The van der Waals surface area contributed by atoms with Gasteiger partial charge in [-0.2, -0.15) is 8.42 Å². The van der Waals surface area contributed by atoms with Gasteiger partial charge in [0.05, 0.1) is 25.2 Å². The van der Waals surface area contributed by atoms with Crippen LogP contribution >= 0.6 is 0 Å². The van der Waals surface area contributed by atoms with E-state index in [4.69, 9.17) is 9.29 Å². The highest BCUT2D eigenvalue weighted by molar-refractivity contribution is 7.85. The molecule has 1 N–H and O–H groups in total. The molecule has 0 saturated carbocycles. The molecule has 7 nitrogen and oxygen atoms in total. The Kier molecular flexibility index (Phi) is 11.8. The smallest absolute Gasteiger partial charge is 0.309 e. The van der Waals surface area contributed by atoms with Crippen molar-refractivity contribution in [3.05, 3.63) is 0 Å². The van der Waals surface area contributed by atoms with Crippen molar-refractivity contribution in [1.29, 1.82) is 0 Å². The molecule has 130 valence electrons.